The van der Waals surface area contributed by atoms with Crippen molar-refractivity contribution >= 4 is 22.7 Å². The third-order valence-corrected chi connectivity index (χ3v) is 4.19. The highest BCUT2D eigenvalue weighted by atomic mass is 32.2. The Morgan fingerprint density at radius 1 is 1.00 bits per heavy atom. The first-order valence-electron chi connectivity index (χ1n) is 6.65. The first-order valence-corrected chi connectivity index (χ1v) is 7.64. The monoisotopic (exact) mass is 284 g/mol. The molecule has 0 aliphatic rings. The highest BCUT2D eigenvalue weighted by Crippen LogP contribution is 2.23. The number of furan rings is 1. The van der Waals surface area contributed by atoms with Crippen LogP contribution in [0.1, 0.15) is 11.3 Å². The Balaban J connectivity index is 1.66. The van der Waals surface area contributed by atoms with Crippen LogP contribution in [0.15, 0.2) is 63.9 Å². The maximum absolute atomic E-state index is 9.13. The number of hydrogen-bond acceptors (Lipinski definition) is 3. The summed E-state index contributed by atoms with van der Waals surface area (Å²) in [5, 5.41) is 10.2. The Kier molecular flexibility index (Phi) is 4.09. The Hall–Kier alpha value is -1.71. The van der Waals surface area contributed by atoms with Gasteiger partial charge in [0.25, 0.3) is 0 Å². The van der Waals surface area contributed by atoms with Gasteiger partial charge in [0, 0.05) is 22.5 Å². The molecule has 102 valence electrons. The van der Waals surface area contributed by atoms with E-state index in [0.717, 1.165) is 34.5 Å². The van der Waals surface area contributed by atoms with Gasteiger partial charge >= 0.3 is 0 Å². The van der Waals surface area contributed by atoms with E-state index in [2.05, 4.69) is 30.3 Å². The summed E-state index contributed by atoms with van der Waals surface area (Å²) in [6.45, 7) is 0.0514. The van der Waals surface area contributed by atoms with E-state index in [9.17, 15) is 0 Å². The van der Waals surface area contributed by atoms with Crippen LogP contribution in [0.25, 0.3) is 11.0 Å². The molecule has 0 aliphatic heterocycles. The number of rotatable bonds is 5. The molecule has 2 nitrogen and oxygen atoms in total. The normalized spacial score (nSPS) is 11.1. The zero-order valence-corrected chi connectivity index (χ0v) is 11.9. The van der Waals surface area contributed by atoms with E-state index >= 15 is 0 Å². The second-order valence-corrected chi connectivity index (χ2v) is 5.82. The Labute approximate surface area is 122 Å². The SMILES string of the molecule is OCc1ccc2cc(CCSc3ccccc3)oc2c1. The van der Waals surface area contributed by atoms with Crippen molar-refractivity contribution in [3.63, 3.8) is 0 Å². The molecule has 3 rings (SSSR count). The number of benzene rings is 2. The van der Waals surface area contributed by atoms with Crippen LogP contribution in [0.5, 0.6) is 0 Å². The van der Waals surface area contributed by atoms with E-state index in [1.54, 1.807) is 0 Å². The van der Waals surface area contributed by atoms with Gasteiger partial charge < -0.3 is 9.52 Å². The second kappa shape index (κ2) is 6.16. The zero-order chi connectivity index (χ0) is 13.8. The number of thioether (sulfide) groups is 1. The van der Waals surface area contributed by atoms with Crippen LogP contribution in [-0.4, -0.2) is 10.9 Å². The number of aryl methyl sites for hydroxylation is 1. The van der Waals surface area contributed by atoms with Crippen molar-refractivity contribution in [3.8, 4) is 0 Å². The molecule has 1 heterocycles. The predicted molar refractivity (Wildman–Crippen MR) is 83.0 cm³/mol. The summed E-state index contributed by atoms with van der Waals surface area (Å²) in [5.41, 5.74) is 1.74. The summed E-state index contributed by atoms with van der Waals surface area (Å²) in [6, 6.07) is 18.3. The lowest BCUT2D eigenvalue weighted by atomic mass is 10.2. The first-order chi connectivity index (χ1) is 9.85. The fourth-order valence-corrected chi connectivity index (χ4v) is 3.03. The van der Waals surface area contributed by atoms with E-state index in [4.69, 9.17) is 9.52 Å². The Bertz CT molecular complexity index is 689. The molecule has 0 saturated carbocycles. The maximum atomic E-state index is 9.13. The quantitative estimate of drug-likeness (QED) is 0.711. The average Bonchev–Trinajstić information content (AvgIpc) is 2.90. The molecule has 0 atom stereocenters. The van der Waals surface area contributed by atoms with E-state index in [0.29, 0.717) is 0 Å². The maximum Gasteiger partial charge on any atom is 0.134 e. The molecule has 0 spiro atoms. The summed E-state index contributed by atoms with van der Waals surface area (Å²) in [5.74, 6) is 2.00. The van der Waals surface area contributed by atoms with Crippen LogP contribution < -0.4 is 0 Å². The molecule has 0 unspecified atom stereocenters. The van der Waals surface area contributed by atoms with Crippen LogP contribution >= 0.6 is 11.8 Å². The lowest BCUT2D eigenvalue weighted by Gasteiger charge is -1.99. The molecular formula is C17H16O2S. The molecule has 1 N–H and O–H groups in total. The molecule has 2 aromatic carbocycles. The van der Waals surface area contributed by atoms with Crippen LogP contribution in [0.4, 0.5) is 0 Å². The van der Waals surface area contributed by atoms with Crippen molar-refractivity contribution in [2.75, 3.05) is 5.75 Å². The first kappa shape index (κ1) is 13.3. The largest absolute Gasteiger partial charge is 0.461 e. The van der Waals surface area contributed by atoms with Crippen LogP contribution in [0, 0.1) is 0 Å². The van der Waals surface area contributed by atoms with Gasteiger partial charge in [-0.3, -0.25) is 0 Å². The summed E-state index contributed by atoms with van der Waals surface area (Å²) in [7, 11) is 0. The molecule has 0 fully saturated rings. The van der Waals surface area contributed by atoms with Crippen LogP contribution in [0.3, 0.4) is 0 Å². The Morgan fingerprint density at radius 3 is 2.65 bits per heavy atom. The van der Waals surface area contributed by atoms with E-state index < -0.39 is 0 Å². The molecule has 0 radical (unpaired) electrons. The molecule has 3 heteroatoms. The van der Waals surface area contributed by atoms with Gasteiger partial charge in [0.15, 0.2) is 0 Å². The predicted octanol–water partition coefficient (Wildman–Crippen LogP) is 4.26. The van der Waals surface area contributed by atoms with Gasteiger partial charge in [0.1, 0.15) is 11.3 Å². The number of fused-ring (bicyclic) bond motifs is 1. The highest BCUT2D eigenvalue weighted by Gasteiger charge is 2.05. The number of hydrogen-bond donors (Lipinski definition) is 1. The average molecular weight is 284 g/mol. The van der Waals surface area contributed by atoms with Crippen molar-refractivity contribution in [3.05, 3.63) is 65.9 Å². The zero-order valence-electron chi connectivity index (χ0n) is 11.1. The van der Waals surface area contributed by atoms with Gasteiger partial charge in [-0.05, 0) is 29.8 Å². The standard InChI is InChI=1S/C17H16O2S/c18-12-13-6-7-14-11-15(19-17(14)10-13)8-9-20-16-4-2-1-3-5-16/h1-7,10-11,18H,8-9,12H2. The van der Waals surface area contributed by atoms with E-state index in [-0.39, 0.29) is 6.61 Å². The molecule has 0 aliphatic carbocycles. The summed E-state index contributed by atoms with van der Waals surface area (Å²) < 4.78 is 5.82. The van der Waals surface area contributed by atoms with Crippen molar-refractivity contribution in [2.24, 2.45) is 0 Å². The molecule has 0 saturated heterocycles. The lowest BCUT2D eigenvalue weighted by molar-refractivity contribution is 0.282. The smallest absolute Gasteiger partial charge is 0.134 e. The molecule has 0 amide bonds. The van der Waals surface area contributed by atoms with Crippen LogP contribution in [0.2, 0.25) is 0 Å². The van der Waals surface area contributed by atoms with Gasteiger partial charge in [-0.25, -0.2) is 0 Å². The summed E-state index contributed by atoms with van der Waals surface area (Å²) in [4.78, 5) is 1.28. The molecule has 1 aromatic heterocycles. The van der Waals surface area contributed by atoms with E-state index in [1.165, 1.54) is 4.90 Å². The van der Waals surface area contributed by atoms with Gasteiger partial charge in [-0.1, -0.05) is 30.3 Å². The minimum absolute atomic E-state index is 0.0514. The van der Waals surface area contributed by atoms with Crippen molar-refractivity contribution in [1.29, 1.82) is 0 Å². The molecule has 20 heavy (non-hydrogen) atoms. The van der Waals surface area contributed by atoms with Gasteiger partial charge in [-0.15, -0.1) is 11.8 Å². The van der Waals surface area contributed by atoms with Gasteiger partial charge in [0.2, 0.25) is 0 Å². The van der Waals surface area contributed by atoms with Crippen LogP contribution in [-0.2, 0) is 13.0 Å². The minimum atomic E-state index is 0.0514. The number of aliphatic hydroxyl groups is 1. The minimum Gasteiger partial charge on any atom is -0.461 e. The summed E-state index contributed by atoms with van der Waals surface area (Å²) in [6.07, 6.45) is 0.905. The fraction of sp³-hybridized carbons (Fsp3) is 0.176. The third-order valence-electron chi connectivity index (χ3n) is 3.18. The molecular weight excluding hydrogens is 268 g/mol. The molecule has 0 bridgehead atoms. The van der Waals surface area contributed by atoms with Crippen molar-refractivity contribution in [1.82, 2.24) is 0 Å². The fourth-order valence-electron chi connectivity index (χ4n) is 2.14. The Morgan fingerprint density at radius 2 is 1.85 bits per heavy atom. The topological polar surface area (TPSA) is 33.4 Å². The van der Waals surface area contributed by atoms with E-state index in [1.807, 2.05) is 36.0 Å². The second-order valence-electron chi connectivity index (χ2n) is 4.65. The van der Waals surface area contributed by atoms with Crippen molar-refractivity contribution in [2.45, 2.75) is 17.9 Å². The lowest BCUT2D eigenvalue weighted by Crippen LogP contribution is -1.85. The highest BCUT2D eigenvalue weighted by molar-refractivity contribution is 7.99. The molecule has 3 aromatic rings. The third kappa shape index (κ3) is 3.06. The number of aliphatic hydroxyl groups excluding tert-OH is 1. The van der Waals surface area contributed by atoms with Gasteiger partial charge in [0.05, 0.1) is 6.61 Å². The summed E-state index contributed by atoms with van der Waals surface area (Å²) >= 11 is 1.83. The van der Waals surface area contributed by atoms with Crippen molar-refractivity contribution < 1.29 is 9.52 Å². The van der Waals surface area contributed by atoms with Gasteiger partial charge in [-0.2, -0.15) is 0 Å².